The van der Waals surface area contributed by atoms with Gasteiger partial charge < -0.3 is 4.55 Å². The lowest BCUT2D eigenvalue weighted by atomic mass is 9.96. The Bertz CT molecular complexity index is 714. The van der Waals surface area contributed by atoms with Crippen LogP contribution in [0, 0.1) is 18.4 Å². The molecule has 0 saturated heterocycles. The molecule has 1 rings (SSSR count). The maximum atomic E-state index is 13.3. The second-order valence-electron chi connectivity index (χ2n) is 8.58. The van der Waals surface area contributed by atoms with E-state index in [9.17, 15) is 17.7 Å². The third kappa shape index (κ3) is 6.17. The monoisotopic (exact) mass is 419 g/mol. The maximum absolute atomic E-state index is 13.3. The van der Waals surface area contributed by atoms with Crippen LogP contribution in [0.1, 0.15) is 37.5 Å². The van der Waals surface area contributed by atoms with Crippen molar-refractivity contribution in [2.75, 3.05) is 0 Å². The van der Waals surface area contributed by atoms with E-state index in [1.54, 1.807) is 6.07 Å². The van der Waals surface area contributed by atoms with Crippen LogP contribution in [0.3, 0.4) is 0 Å². The Morgan fingerprint density at radius 1 is 1.12 bits per heavy atom. The molecule has 1 N–H and O–H groups in total. The molecule has 0 fully saturated rings. The predicted octanol–water partition coefficient (Wildman–Crippen LogP) is 3.46. The fraction of sp³-hybridized carbons (Fsp3) is 0.556. The van der Waals surface area contributed by atoms with E-state index in [0.29, 0.717) is 15.8 Å². The molecule has 0 aliphatic rings. The van der Waals surface area contributed by atoms with Crippen molar-refractivity contribution < 1.29 is 17.7 Å². The smallest absolute Gasteiger partial charge is 0.416 e. The lowest BCUT2D eigenvalue weighted by Crippen LogP contribution is -2.52. The number of hydrogen-bond donors (Lipinski definition) is 1. The van der Waals surface area contributed by atoms with Crippen LogP contribution >= 0.6 is 0 Å². The molecule has 0 aliphatic carbocycles. The van der Waals surface area contributed by atoms with E-state index in [1.807, 2.05) is 20.8 Å². The Morgan fingerprint density at radius 3 is 2.04 bits per heavy atom. The second-order valence-corrected chi connectivity index (χ2v) is 16.8. The van der Waals surface area contributed by atoms with Crippen LogP contribution in [0.4, 0.5) is 13.2 Å². The van der Waals surface area contributed by atoms with Gasteiger partial charge in [0.1, 0.15) is 18.0 Å². The van der Waals surface area contributed by atoms with Gasteiger partial charge in [0.05, 0.1) is 15.8 Å². The van der Waals surface area contributed by atoms with Crippen molar-refractivity contribution in [3.8, 4) is 11.5 Å². The van der Waals surface area contributed by atoms with E-state index in [1.165, 1.54) is 13.0 Å². The molecule has 8 heteroatoms. The molecule has 26 heavy (non-hydrogen) atoms. The molecule has 2 atom stereocenters. The van der Waals surface area contributed by atoms with E-state index >= 15 is 0 Å². The quantitative estimate of drug-likeness (QED) is 0.463. The molecular weight excluding hydrogens is 391 g/mol. The summed E-state index contributed by atoms with van der Waals surface area (Å²) in [5.41, 5.74) is 3.17. The van der Waals surface area contributed by atoms with Crippen LogP contribution in [0.25, 0.3) is 0 Å². The third-order valence-corrected chi connectivity index (χ3v) is 7.70. The van der Waals surface area contributed by atoms with Gasteiger partial charge in [0.15, 0.2) is 0 Å². The number of benzene rings is 1. The molecule has 0 radical (unpaired) electrons. The van der Waals surface area contributed by atoms with Crippen LogP contribution in [-0.2, 0) is 22.7 Å². The molecule has 146 valence electrons. The van der Waals surface area contributed by atoms with Crippen LogP contribution < -0.4 is 4.72 Å². The summed E-state index contributed by atoms with van der Waals surface area (Å²) in [7, 11) is -1.37. The molecule has 0 heterocycles. The van der Waals surface area contributed by atoms with Gasteiger partial charge in [-0.15, -0.1) is 10.3 Å². The summed E-state index contributed by atoms with van der Waals surface area (Å²) < 4.78 is 55.3. The van der Waals surface area contributed by atoms with Gasteiger partial charge in [-0.25, -0.2) is 0 Å². The molecule has 0 amide bonds. The first-order chi connectivity index (χ1) is 11.5. The summed E-state index contributed by atoms with van der Waals surface area (Å²) in [5, 5.41) is -1.01. The van der Waals surface area contributed by atoms with Crippen molar-refractivity contribution in [2.24, 2.45) is 0 Å². The minimum Gasteiger partial charge on any atom is -0.598 e. The van der Waals surface area contributed by atoms with Crippen LogP contribution in [0.2, 0.25) is 19.6 Å². The molecule has 0 unspecified atom stereocenters. The molecule has 0 bridgehead atoms. The number of rotatable bonds is 3. The van der Waals surface area contributed by atoms with E-state index in [0.717, 1.165) is 6.07 Å². The summed E-state index contributed by atoms with van der Waals surface area (Å²) in [6.45, 7) is 13.1. The zero-order valence-corrected chi connectivity index (χ0v) is 20.5. The predicted molar refractivity (Wildman–Crippen MR) is 110 cm³/mol. The highest BCUT2D eigenvalue weighted by Crippen LogP contribution is 2.36. The van der Waals surface area contributed by atoms with Gasteiger partial charge in [0.2, 0.25) is 0 Å². The minimum absolute atomic E-state index is 0.137. The highest BCUT2D eigenvalue weighted by Gasteiger charge is 2.40. The number of alkyl halides is 3. The zero-order valence-electron chi connectivity index (χ0n) is 16.7. The van der Waals surface area contributed by atoms with Crippen molar-refractivity contribution in [1.82, 2.24) is 4.72 Å². The first kappa shape index (κ1) is 23.3. The van der Waals surface area contributed by atoms with E-state index in [2.05, 4.69) is 35.8 Å². The van der Waals surface area contributed by atoms with E-state index in [-0.39, 0.29) is 5.56 Å². The molecule has 2 nitrogen and oxygen atoms in total. The standard InChI is InChI=1S/C18H28F3NOSSi2/c1-13-14(9-8-10-15(13)18(19,20)21)17(25,11-12-26(5,6)7)22-24(23)16(2,3)4/h8-10,22H,1-7,25H3/t17-,24+/m1/s1. The Balaban J connectivity index is 3.59. The van der Waals surface area contributed by atoms with E-state index in [4.69, 9.17) is 0 Å². The van der Waals surface area contributed by atoms with Gasteiger partial charge in [-0.05, 0) is 44.9 Å². The van der Waals surface area contributed by atoms with Crippen molar-refractivity contribution in [3.05, 3.63) is 34.9 Å². The normalized spacial score (nSPS) is 16.6. The maximum Gasteiger partial charge on any atom is 0.416 e. The van der Waals surface area contributed by atoms with E-state index < -0.39 is 41.1 Å². The summed E-state index contributed by atoms with van der Waals surface area (Å²) >= 11 is -1.46. The first-order valence-corrected chi connectivity index (χ1v) is 14.0. The largest absolute Gasteiger partial charge is 0.598 e. The average Bonchev–Trinajstić information content (AvgIpc) is 2.42. The van der Waals surface area contributed by atoms with Gasteiger partial charge in [-0.1, -0.05) is 37.7 Å². The summed E-state index contributed by atoms with van der Waals surface area (Å²) in [5.74, 6) is 3.18. The molecule has 0 spiro atoms. The lowest BCUT2D eigenvalue weighted by Gasteiger charge is -2.33. The zero-order chi connectivity index (χ0) is 20.6. The van der Waals surface area contributed by atoms with Crippen LogP contribution in [0.5, 0.6) is 0 Å². The minimum atomic E-state index is -4.43. The Hall–Kier alpha value is -0.726. The first-order valence-electron chi connectivity index (χ1n) is 8.39. The highest BCUT2D eigenvalue weighted by molar-refractivity contribution is 7.90. The van der Waals surface area contributed by atoms with Gasteiger partial charge in [0.25, 0.3) is 0 Å². The number of nitrogens with one attached hydrogen (secondary N) is 1. The Kier molecular flexibility index (Phi) is 6.92. The average molecular weight is 420 g/mol. The Morgan fingerprint density at radius 2 is 1.62 bits per heavy atom. The summed E-state index contributed by atoms with van der Waals surface area (Å²) in [4.78, 5) is 0. The van der Waals surface area contributed by atoms with Crippen molar-refractivity contribution >= 4 is 29.7 Å². The molecular formula is C18H28F3NOSSi2. The molecule has 0 saturated carbocycles. The summed E-state index contributed by atoms with van der Waals surface area (Å²) in [6, 6.07) is 4.13. The molecule has 0 aromatic heterocycles. The highest BCUT2D eigenvalue weighted by atomic mass is 32.2. The fourth-order valence-corrected chi connectivity index (χ4v) is 5.22. The van der Waals surface area contributed by atoms with Crippen LogP contribution in [0.15, 0.2) is 18.2 Å². The SMILES string of the molecule is Cc1c(C(F)(F)F)cccc1[C@]([SiH3])(C#C[Si](C)(C)C)N[S@@+]([O-])C(C)(C)C. The molecule has 1 aromatic rings. The van der Waals surface area contributed by atoms with Gasteiger partial charge in [-0.3, -0.25) is 0 Å². The summed E-state index contributed by atoms with van der Waals surface area (Å²) in [6.07, 6.45) is -4.43. The van der Waals surface area contributed by atoms with Gasteiger partial charge >= 0.3 is 6.18 Å². The number of halogens is 3. The Labute approximate surface area is 162 Å². The topological polar surface area (TPSA) is 35.1 Å². The van der Waals surface area contributed by atoms with Gasteiger partial charge in [0, 0.05) is 11.4 Å². The van der Waals surface area contributed by atoms with Gasteiger partial charge in [-0.2, -0.15) is 13.2 Å². The van der Waals surface area contributed by atoms with Crippen molar-refractivity contribution in [3.63, 3.8) is 0 Å². The molecule has 0 aliphatic heterocycles. The lowest BCUT2D eigenvalue weighted by molar-refractivity contribution is -0.138. The fourth-order valence-electron chi connectivity index (χ4n) is 2.28. The number of hydrogen-bond acceptors (Lipinski definition) is 2. The van der Waals surface area contributed by atoms with Crippen molar-refractivity contribution in [1.29, 1.82) is 0 Å². The third-order valence-electron chi connectivity index (χ3n) is 3.72. The van der Waals surface area contributed by atoms with Crippen LogP contribution in [-0.4, -0.2) is 27.6 Å². The molecule has 1 aromatic carbocycles. The second kappa shape index (κ2) is 7.72. The van der Waals surface area contributed by atoms with Crippen molar-refractivity contribution in [2.45, 2.75) is 63.4 Å².